The molecule has 0 saturated heterocycles. The zero-order chi connectivity index (χ0) is 22.8. The lowest BCUT2D eigenvalue weighted by Crippen LogP contribution is -2.31. The van der Waals surface area contributed by atoms with Crippen molar-refractivity contribution in [3.8, 4) is 11.5 Å². The van der Waals surface area contributed by atoms with E-state index >= 15 is 0 Å². The summed E-state index contributed by atoms with van der Waals surface area (Å²) in [5.41, 5.74) is 5.19. The van der Waals surface area contributed by atoms with Gasteiger partial charge in [-0.15, -0.1) is 0 Å². The third-order valence-corrected chi connectivity index (χ3v) is 13.5. The number of ether oxygens (including phenoxy) is 1. The fourth-order valence-corrected chi connectivity index (χ4v) is 12.5. The molecule has 8 saturated carbocycles. The number of rotatable bonds is 4. The second-order valence-corrected chi connectivity index (χ2v) is 14.4. The summed E-state index contributed by atoms with van der Waals surface area (Å²) < 4.78 is 7.06. The molecule has 8 aliphatic carbocycles. The van der Waals surface area contributed by atoms with E-state index in [1.54, 1.807) is 0 Å². The van der Waals surface area contributed by atoms with E-state index < -0.39 is 0 Å². The Balaban J connectivity index is 1.26. The van der Waals surface area contributed by atoms with E-state index in [-0.39, 0.29) is 10.8 Å². The topological polar surface area (TPSA) is 9.23 Å². The van der Waals surface area contributed by atoms with Crippen molar-refractivity contribution in [2.24, 2.45) is 45.3 Å². The van der Waals surface area contributed by atoms with Gasteiger partial charge in [0.15, 0.2) is 0 Å². The molecular formula is C32H38O. The number of benzene rings is 2. The molecular weight excluding hydrogens is 400 g/mol. The van der Waals surface area contributed by atoms with Crippen molar-refractivity contribution in [2.75, 3.05) is 0 Å². The number of para-hydroxylation sites is 2. The molecule has 8 bridgehead atoms. The maximum Gasteiger partial charge on any atom is 0.131 e. The van der Waals surface area contributed by atoms with Gasteiger partial charge in [0, 0.05) is 22.0 Å². The van der Waals surface area contributed by atoms with Crippen LogP contribution in [0, 0.1) is 45.3 Å². The first-order valence-electron chi connectivity index (χ1n) is 13.5. The average Bonchev–Trinajstić information content (AvgIpc) is 3.09. The molecule has 0 radical (unpaired) electrons. The Kier molecular flexibility index (Phi) is 3.02. The summed E-state index contributed by atoms with van der Waals surface area (Å²) in [4.78, 5) is 0. The minimum atomic E-state index is 0.288. The van der Waals surface area contributed by atoms with Crippen molar-refractivity contribution in [1.29, 1.82) is 0 Å². The van der Waals surface area contributed by atoms with E-state index in [0.29, 0.717) is 21.7 Å². The van der Waals surface area contributed by atoms with E-state index in [4.69, 9.17) is 4.74 Å². The predicted molar refractivity (Wildman–Crippen MR) is 133 cm³/mol. The molecule has 8 aliphatic rings. The molecule has 10 rings (SSSR count). The van der Waals surface area contributed by atoms with E-state index in [1.807, 2.05) is 0 Å². The Morgan fingerprint density at radius 3 is 1.30 bits per heavy atom. The summed E-state index contributed by atoms with van der Waals surface area (Å²) in [6.07, 6.45) is 5.61. The molecule has 1 nitrogen and oxygen atoms in total. The van der Waals surface area contributed by atoms with Gasteiger partial charge in [0.1, 0.15) is 11.5 Å². The second-order valence-electron chi connectivity index (χ2n) is 14.4. The van der Waals surface area contributed by atoms with Gasteiger partial charge in [0.2, 0.25) is 0 Å². The van der Waals surface area contributed by atoms with Crippen LogP contribution in [0.5, 0.6) is 11.5 Å². The summed E-state index contributed by atoms with van der Waals surface area (Å²) in [5.74, 6) is 5.63. The fourth-order valence-electron chi connectivity index (χ4n) is 12.5. The van der Waals surface area contributed by atoms with Crippen LogP contribution in [0.15, 0.2) is 48.5 Å². The standard InChI is InChI=1S/C32H38O/c1-27(2)19-15-25-29(5,17-19)31(25,27)21-11-7-9-13-23(21)33-24-14-10-8-12-22(24)32-26-16-20(28(32,3)4)18-30(26,32)6/h7-14,19-20,25-26H,15-18H2,1-6H3. The minimum absolute atomic E-state index is 0.288. The molecule has 0 N–H and O–H groups in total. The van der Waals surface area contributed by atoms with Crippen LogP contribution in [-0.2, 0) is 10.8 Å². The fraction of sp³-hybridized carbons (Fsp3) is 0.625. The molecule has 33 heavy (non-hydrogen) atoms. The van der Waals surface area contributed by atoms with Crippen molar-refractivity contribution in [3.05, 3.63) is 59.7 Å². The van der Waals surface area contributed by atoms with E-state index in [1.165, 1.54) is 36.8 Å². The molecule has 0 aromatic heterocycles. The smallest absolute Gasteiger partial charge is 0.131 e. The van der Waals surface area contributed by atoms with Gasteiger partial charge in [-0.1, -0.05) is 77.9 Å². The van der Waals surface area contributed by atoms with Gasteiger partial charge in [-0.3, -0.25) is 0 Å². The summed E-state index contributed by atoms with van der Waals surface area (Å²) in [5, 5.41) is 0. The van der Waals surface area contributed by atoms with E-state index in [2.05, 4.69) is 90.1 Å². The Labute approximate surface area is 199 Å². The molecule has 2 aromatic rings. The summed E-state index contributed by atoms with van der Waals surface area (Å²) in [6, 6.07) is 18.2. The Morgan fingerprint density at radius 2 is 1.00 bits per heavy atom. The molecule has 8 unspecified atom stereocenters. The average molecular weight is 439 g/mol. The van der Waals surface area contributed by atoms with Gasteiger partial charge in [0.05, 0.1) is 0 Å². The van der Waals surface area contributed by atoms with Crippen LogP contribution in [0.25, 0.3) is 0 Å². The maximum atomic E-state index is 7.06. The van der Waals surface area contributed by atoms with E-state index in [9.17, 15) is 0 Å². The lowest BCUT2D eigenvalue weighted by molar-refractivity contribution is 0.230. The van der Waals surface area contributed by atoms with E-state index in [0.717, 1.165) is 35.2 Å². The van der Waals surface area contributed by atoms with Gasteiger partial charge < -0.3 is 4.74 Å². The largest absolute Gasteiger partial charge is 0.457 e. The van der Waals surface area contributed by atoms with Crippen molar-refractivity contribution < 1.29 is 4.74 Å². The Bertz CT molecular complexity index is 1140. The minimum Gasteiger partial charge on any atom is -0.457 e. The highest BCUT2D eigenvalue weighted by Crippen LogP contribution is 2.94. The first-order valence-corrected chi connectivity index (χ1v) is 13.5. The summed E-state index contributed by atoms with van der Waals surface area (Å²) in [6.45, 7) is 15.3. The van der Waals surface area contributed by atoms with Crippen LogP contribution >= 0.6 is 0 Å². The number of hydrogen-bond donors (Lipinski definition) is 0. The molecule has 0 aliphatic heterocycles. The van der Waals surface area contributed by atoms with Crippen LogP contribution in [0.1, 0.15) is 78.4 Å². The molecule has 172 valence electrons. The lowest BCUT2D eigenvalue weighted by atomic mass is 9.70. The highest BCUT2D eigenvalue weighted by molar-refractivity contribution is 5.60. The first-order chi connectivity index (χ1) is 15.6. The van der Waals surface area contributed by atoms with Crippen LogP contribution in [0.3, 0.4) is 0 Å². The SMILES string of the molecule is CC1(C)C2CC3C(C)(C2)C31c1ccccc1Oc1ccccc1C12C3CC(CC31C)C2(C)C. The molecule has 8 fully saturated rings. The van der Waals surface area contributed by atoms with Crippen molar-refractivity contribution in [2.45, 2.75) is 78.1 Å². The van der Waals surface area contributed by atoms with Crippen LogP contribution in [-0.4, -0.2) is 0 Å². The third kappa shape index (κ3) is 1.61. The molecule has 0 amide bonds. The van der Waals surface area contributed by atoms with Gasteiger partial charge in [-0.05, 0) is 83.1 Å². The van der Waals surface area contributed by atoms with Crippen molar-refractivity contribution in [1.82, 2.24) is 0 Å². The third-order valence-electron chi connectivity index (χ3n) is 13.5. The Morgan fingerprint density at radius 1 is 0.606 bits per heavy atom. The zero-order valence-electron chi connectivity index (χ0n) is 21.2. The van der Waals surface area contributed by atoms with Crippen molar-refractivity contribution >= 4 is 0 Å². The zero-order valence-corrected chi connectivity index (χ0v) is 21.2. The lowest BCUT2D eigenvalue weighted by Gasteiger charge is -2.35. The normalized spacial score (nSPS) is 50.0. The maximum absolute atomic E-state index is 7.06. The quantitative estimate of drug-likeness (QED) is 0.468. The highest BCUT2D eigenvalue weighted by Gasteiger charge is 2.90. The molecule has 0 spiro atoms. The summed E-state index contributed by atoms with van der Waals surface area (Å²) >= 11 is 0. The van der Waals surface area contributed by atoms with Gasteiger partial charge >= 0.3 is 0 Å². The Hall–Kier alpha value is -1.76. The highest BCUT2D eigenvalue weighted by atomic mass is 16.5. The van der Waals surface area contributed by atoms with Gasteiger partial charge in [-0.2, -0.15) is 0 Å². The second kappa shape index (κ2) is 5.09. The van der Waals surface area contributed by atoms with Crippen LogP contribution in [0.4, 0.5) is 0 Å². The molecule has 8 atom stereocenters. The summed E-state index contributed by atoms with van der Waals surface area (Å²) in [7, 11) is 0. The molecule has 0 heterocycles. The van der Waals surface area contributed by atoms with Gasteiger partial charge in [0.25, 0.3) is 0 Å². The monoisotopic (exact) mass is 438 g/mol. The van der Waals surface area contributed by atoms with Crippen LogP contribution < -0.4 is 4.74 Å². The number of hydrogen-bond acceptors (Lipinski definition) is 1. The van der Waals surface area contributed by atoms with Gasteiger partial charge in [-0.25, -0.2) is 0 Å². The van der Waals surface area contributed by atoms with Crippen molar-refractivity contribution in [3.63, 3.8) is 0 Å². The van der Waals surface area contributed by atoms with Crippen LogP contribution in [0.2, 0.25) is 0 Å². The first kappa shape index (κ1) is 19.5. The molecule has 1 heteroatoms. The molecule has 2 aromatic carbocycles. The predicted octanol–water partition coefficient (Wildman–Crippen LogP) is 8.13.